The number of nitro benzene ring substituents is 1. The molecule has 20 heavy (non-hydrogen) atoms. The number of halogens is 1. The molecule has 8 heteroatoms. The SMILES string of the molecule is CC(C)(SCc1cc(F)ccc1[N+](=O)[O-])[C@H](N)C(=O)O. The van der Waals surface area contributed by atoms with Crippen LogP contribution in [0.1, 0.15) is 19.4 Å². The number of carbonyl (C=O) groups is 1. The van der Waals surface area contributed by atoms with E-state index >= 15 is 0 Å². The molecular formula is C12H15FN2O4S. The second kappa shape index (κ2) is 6.19. The summed E-state index contributed by atoms with van der Waals surface area (Å²) in [6.45, 7) is 3.25. The van der Waals surface area contributed by atoms with Crippen molar-refractivity contribution in [2.75, 3.05) is 0 Å². The molecule has 0 aromatic heterocycles. The van der Waals surface area contributed by atoms with Crippen LogP contribution in [0.5, 0.6) is 0 Å². The van der Waals surface area contributed by atoms with Crippen LogP contribution in [0.25, 0.3) is 0 Å². The highest BCUT2D eigenvalue weighted by atomic mass is 32.2. The zero-order valence-electron chi connectivity index (χ0n) is 11.0. The standard InChI is InChI=1S/C12H15FN2O4S/c1-12(2,10(14)11(16)17)20-6-7-5-8(13)3-4-9(7)15(18)19/h3-5,10H,6,14H2,1-2H3,(H,16,17)/t10-/m1/s1. The van der Waals surface area contributed by atoms with Gasteiger partial charge in [-0.3, -0.25) is 14.9 Å². The zero-order chi connectivity index (χ0) is 15.5. The molecule has 3 N–H and O–H groups in total. The largest absolute Gasteiger partial charge is 0.480 e. The molecule has 110 valence electrons. The molecule has 0 bridgehead atoms. The van der Waals surface area contributed by atoms with Gasteiger partial charge in [-0.25, -0.2) is 4.39 Å². The van der Waals surface area contributed by atoms with Crippen LogP contribution in [0.2, 0.25) is 0 Å². The molecule has 0 amide bonds. The van der Waals surface area contributed by atoms with Crippen LogP contribution in [0.3, 0.4) is 0 Å². The van der Waals surface area contributed by atoms with Crippen LogP contribution >= 0.6 is 11.8 Å². The Morgan fingerprint density at radius 1 is 1.60 bits per heavy atom. The monoisotopic (exact) mass is 302 g/mol. The lowest BCUT2D eigenvalue weighted by atomic mass is 10.1. The minimum absolute atomic E-state index is 0.0993. The van der Waals surface area contributed by atoms with Crippen molar-refractivity contribution in [2.24, 2.45) is 5.73 Å². The number of carboxylic acids is 1. The summed E-state index contributed by atoms with van der Waals surface area (Å²) in [6.07, 6.45) is 0. The minimum Gasteiger partial charge on any atom is -0.480 e. The second-order valence-corrected chi connectivity index (χ2v) is 6.37. The third kappa shape index (κ3) is 3.91. The molecule has 0 fully saturated rings. The predicted molar refractivity (Wildman–Crippen MR) is 74.0 cm³/mol. The van der Waals surface area contributed by atoms with Gasteiger partial charge < -0.3 is 10.8 Å². The normalized spacial score (nSPS) is 13.0. The maximum absolute atomic E-state index is 13.2. The smallest absolute Gasteiger partial charge is 0.321 e. The summed E-state index contributed by atoms with van der Waals surface area (Å²) in [5, 5.41) is 19.7. The summed E-state index contributed by atoms with van der Waals surface area (Å²) in [6, 6.07) is 2.06. The Balaban J connectivity index is 2.92. The van der Waals surface area contributed by atoms with Crippen molar-refractivity contribution < 1.29 is 19.2 Å². The number of nitrogens with two attached hydrogens (primary N) is 1. The first-order valence-electron chi connectivity index (χ1n) is 5.70. The van der Waals surface area contributed by atoms with E-state index < -0.39 is 27.5 Å². The Bertz CT molecular complexity index is 536. The first-order chi connectivity index (χ1) is 9.15. The number of hydrogen-bond acceptors (Lipinski definition) is 5. The van der Waals surface area contributed by atoms with Gasteiger partial charge in [0.1, 0.15) is 11.9 Å². The molecule has 0 radical (unpaired) electrons. The maximum Gasteiger partial charge on any atom is 0.321 e. The molecular weight excluding hydrogens is 287 g/mol. The van der Waals surface area contributed by atoms with Crippen LogP contribution in [-0.4, -0.2) is 26.8 Å². The Morgan fingerprint density at radius 3 is 2.70 bits per heavy atom. The number of hydrogen-bond donors (Lipinski definition) is 2. The number of nitro groups is 1. The third-order valence-corrected chi connectivity index (χ3v) is 4.31. The summed E-state index contributed by atoms with van der Waals surface area (Å²) in [4.78, 5) is 21.1. The minimum atomic E-state index is -1.16. The topological polar surface area (TPSA) is 106 Å². The summed E-state index contributed by atoms with van der Waals surface area (Å²) in [5.41, 5.74) is 5.56. The lowest BCUT2D eigenvalue weighted by molar-refractivity contribution is -0.385. The highest BCUT2D eigenvalue weighted by Gasteiger charge is 2.33. The number of thioether (sulfide) groups is 1. The molecule has 0 saturated heterocycles. The molecule has 1 aromatic rings. The number of benzene rings is 1. The molecule has 0 saturated carbocycles. The fourth-order valence-corrected chi connectivity index (χ4v) is 2.54. The van der Waals surface area contributed by atoms with Crippen molar-refractivity contribution in [3.05, 3.63) is 39.7 Å². The van der Waals surface area contributed by atoms with Crippen LogP contribution in [0.4, 0.5) is 10.1 Å². The summed E-state index contributed by atoms with van der Waals surface area (Å²) >= 11 is 1.13. The van der Waals surface area contributed by atoms with Crippen LogP contribution in [0, 0.1) is 15.9 Å². The molecule has 0 aliphatic rings. The van der Waals surface area contributed by atoms with Gasteiger partial charge in [-0.15, -0.1) is 11.8 Å². The van der Waals surface area contributed by atoms with E-state index in [4.69, 9.17) is 10.8 Å². The quantitative estimate of drug-likeness (QED) is 0.616. The van der Waals surface area contributed by atoms with Crippen LogP contribution in [-0.2, 0) is 10.5 Å². The van der Waals surface area contributed by atoms with Crippen molar-refractivity contribution >= 4 is 23.4 Å². The number of rotatable bonds is 6. The summed E-state index contributed by atoms with van der Waals surface area (Å²) < 4.78 is 12.3. The second-order valence-electron chi connectivity index (χ2n) is 4.74. The lowest BCUT2D eigenvalue weighted by Crippen LogP contribution is -2.46. The molecule has 0 aliphatic heterocycles. The van der Waals surface area contributed by atoms with Crippen molar-refractivity contribution in [1.29, 1.82) is 0 Å². The molecule has 0 aliphatic carbocycles. The fourth-order valence-electron chi connectivity index (χ4n) is 1.50. The van der Waals surface area contributed by atoms with E-state index in [2.05, 4.69) is 0 Å². The number of nitrogens with zero attached hydrogens (tertiary/aromatic N) is 1. The molecule has 0 spiro atoms. The third-order valence-electron chi connectivity index (χ3n) is 2.85. The van der Waals surface area contributed by atoms with Gasteiger partial charge in [0.15, 0.2) is 0 Å². The molecule has 1 rings (SSSR count). The zero-order valence-corrected chi connectivity index (χ0v) is 11.8. The van der Waals surface area contributed by atoms with Gasteiger partial charge in [0.2, 0.25) is 0 Å². The number of aliphatic carboxylic acids is 1. The van der Waals surface area contributed by atoms with Gasteiger partial charge in [0.25, 0.3) is 5.69 Å². The highest BCUT2D eigenvalue weighted by molar-refractivity contribution is 7.99. The Hall–Kier alpha value is -1.67. The van der Waals surface area contributed by atoms with E-state index in [1.807, 2.05) is 0 Å². The van der Waals surface area contributed by atoms with Crippen molar-refractivity contribution in [1.82, 2.24) is 0 Å². The van der Waals surface area contributed by atoms with Gasteiger partial charge in [0.05, 0.1) is 4.92 Å². The van der Waals surface area contributed by atoms with E-state index in [9.17, 15) is 19.3 Å². The Morgan fingerprint density at radius 2 is 2.20 bits per heavy atom. The average Bonchev–Trinajstić information content (AvgIpc) is 2.35. The van der Waals surface area contributed by atoms with Crippen LogP contribution in [0.15, 0.2) is 18.2 Å². The van der Waals surface area contributed by atoms with Gasteiger partial charge in [-0.2, -0.15) is 0 Å². The van der Waals surface area contributed by atoms with E-state index in [1.165, 1.54) is 0 Å². The van der Waals surface area contributed by atoms with Gasteiger partial charge in [-0.05, 0) is 26.0 Å². The van der Waals surface area contributed by atoms with E-state index in [-0.39, 0.29) is 17.0 Å². The molecule has 6 nitrogen and oxygen atoms in total. The highest BCUT2D eigenvalue weighted by Crippen LogP contribution is 2.33. The Kier molecular flexibility index (Phi) is 5.07. The van der Waals surface area contributed by atoms with Crippen molar-refractivity contribution in [3.8, 4) is 0 Å². The lowest BCUT2D eigenvalue weighted by Gasteiger charge is -2.27. The van der Waals surface area contributed by atoms with Gasteiger partial charge in [-0.1, -0.05) is 0 Å². The average molecular weight is 302 g/mol. The molecule has 1 atom stereocenters. The molecule has 0 heterocycles. The van der Waals surface area contributed by atoms with Crippen LogP contribution < -0.4 is 5.73 Å². The fraction of sp³-hybridized carbons (Fsp3) is 0.417. The Labute approximate surface area is 119 Å². The molecule has 1 aromatic carbocycles. The molecule has 0 unspecified atom stereocenters. The summed E-state index contributed by atoms with van der Waals surface area (Å²) in [5.74, 6) is -1.63. The van der Waals surface area contributed by atoms with Gasteiger partial charge >= 0.3 is 5.97 Å². The predicted octanol–water partition coefficient (Wildman–Crippen LogP) is 2.16. The summed E-state index contributed by atoms with van der Waals surface area (Å²) in [7, 11) is 0. The van der Waals surface area contributed by atoms with E-state index in [0.29, 0.717) is 0 Å². The maximum atomic E-state index is 13.2. The van der Waals surface area contributed by atoms with Gasteiger partial charge in [0, 0.05) is 22.1 Å². The van der Waals surface area contributed by atoms with Crippen molar-refractivity contribution in [2.45, 2.75) is 30.4 Å². The number of carboxylic acid groups (broad SMARTS) is 1. The first kappa shape index (κ1) is 16.4. The van der Waals surface area contributed by atoms with E-state index in [1.54, 1.807) is 13.8 Å². The van der Waals surface area contributed by atoms with Crippen molar-refractivity contribution in [3.63, 3.8) is 0 Å². The van der Waals surface area contributed by atoms with E-state index in [0.717, 1.165) is 30.0 Å². The first-order valence-corrected chi connectivity index (χ1v) is 6.69.